The molecule has 1 aromatic rings. The van der Waals surface area contributed by atoms with Gasteiger partial charge in [-0.05, 0) is 43.1 Å². The molecule has 0 bridgehead atoms. The number of hydrogen-bond acceptors (Lipinski definition) is 3. The van der Waals surface area contributed by atoms with Gasteiger partial charge in [0.15, 0.2) is 0 Å². The van der Waals surface area contributed by atoms with Gasteiger partial charge < -0.3 is 14.9 Å². The summed E-state index contributed by atoms with van der Waals surface area (Å²) in [5.41, 5.74) is 0.912. The fourth-order valence-electron chi connectivity index (χ4n) is 3.39. The first kappa shape index (κ1) is 20.1. The van der Waals surface area contributed by atoms with Gasteiger partial charge in [0.25, 0.3) is 0 Å². The van der Waals surface area contributed by atoms with Crippen LogP contribution in [-0.2, 0) is 16.1 Å². The molecule has 4 heteroatoms. The highest BCUT2D eigenvalue weighted by Gasteiger charge is 2.47. The molecule has 2 atom stereocenters. The van der Waals surface area contributed by atoms with Crippen LogP contribution in [0.25, 0.3) is 0 Å². The number of aliphatic hydroxyl groups is 1. The van der Waals surface area contributed by atoms with Crippen LogP contribution in [-0.4, -0.2) is 27.9 Å². The van der Waals surface area contributed by atoms with Crippen molar-refractivity contribution >= 4 is 5.97 Å². The molecule has 0 radical (unpaired) electrons. The average Bonchev–Trinajstić information content (AvgIpc) is 2.56. The smallest absolute Gasteiger partial charge is 0.328 e. The highest BCUT2D eigenvalue weighted by atomic mass is 16.5. The SMILES string of the molecule is CC1=C[C@H](OCc2ccccc2)CC(C)(C)[C@@]1(O)/C=C/C(C)=C\C(=O)O. The first-order chi connectivity index (χ1) is 12.1. The molecule has 0 amide bonds. The highest BCUT2D eigenvalue weighted by molar-refractivity contribution is 5.81. The van der Waals surface area contributed by atoms with Gasteiger partial charge in [0.2, 0.25) is 0 Å². The molecule has 1 aliphatic rings. The number of benzene rings is 1. The maximum atomic E-state index is 11.3. The second-order valence-electron chi connectivity index (χ2n) is 7.60. The van der Waals surface area contributed by atoms with E-state index in [1.54, 1.807) is 19.1 Å². The molecule has 0 aliphatic heterocycles. The molecule has 26 heavy (non-hydrogen) atoms. The number of carboxylic acid groups (broad SMARTS) is 1. The van der Waals surface area contributed by atoms with Gasteiger partial charge in [0, 0.05) is 11.5 Å². The van der Waals surface area contributed by atoms with Crippen LogP contribution in [0.15, 0.2) is 65.8 Å². The molecule has 0 saturated carbocycles. The van der Waals surface area contributed by atoms with E-state index in [2.05, 4.69) is 0 Å². The van der Waals surface area contributed by atoms with Crippen LogP contribution in [0.2, 0.25) is 0 Å². The van der Waals surface area contributed by atoms with Gasteiger partial charge >= 0.3 is 5.97 Å². The molecule has 0 unspecified atom stereocenters. The molecule has 0 saturated heterocycles. The Morgan fingerprint density at radius 1 is 1.31 bits per heavy atom. The van der Waals surface area contributed by atoms with Crippen molar-refractivity contribution < 1.29 is 19.7 Å². The third kappa shape index (κ3) is 4.71. The normalized spacial score (nSPS) is 26.0. The zero-order valence-electron chi connectivity index (χ0n) is 15.9. The molecule has 140 valence electrons. The molecule has 2 N–H and O–H groups in total. The Labute approximate surface area is 155 Å². The first-order valence-corrected chi connectivity index (χ1v) is 8.81. The molecule has 0 heterocycles. The molecule has 0 spiro atoms. The Morgan fingerprint density at radius 3 is 2.54 bits per heavy atom. The quantitative estimate of drug-likeness (QED) is 0.454. The van der Waals surface area contributed by atoms with Crippen molar-refractivity contribution in [3.05, 3.63) is 71.3 Å². The van der Waals surface area contributed by atoms with Crippen molar-refractivity contribution in [1.82, 2.24) is 0 Å². The number of hydrogen-bond donors (Lipinski definition) is 2. The van der Waals surface area contributed by atoms with Crippen molar-refractivity contribution in [3.8, 4) is 0 Å². The lowest BCUT2D eigenvalue weighted by Gasteiger charge is -2.47. The molecular formula is C22H28O4. The second kappa shape index (κ2) is 8.02. The Balaban J connectivity index is 2.17. The van der Waals surface area contributed by atoms with E-state index in [0.29, 0.717) is 18.6 Å². The number of allylic oxidation sites excluding steroid dienone is 2. The zero-order chi connectivity index (χ0) is 19.4. The van der Waals surface area contributed by atoms with Crippen LogP contribution in [0.1, 0.15) is 39.7 Å². The predicted octanol–water partition coefficient (Wildman–Crippen LogP) is 4.27. The Hall–Kier alpha value is -2.17. The number of rotatable bonds is 6. The monoisotopic (exact) mass is 356 g/mol. The number of carbonyl (C=O) groups is 1. The summed E-state index contributed by atoms with van der Waals surface area (Å²) in [6.45, 7) is 8.13. The van der Waals surface area contributed by atoms with Gasteiger partial charge in [-0.15, -0.1) is 0 Å². The summed E-state index contributed by atoms with van der Waals surface area (Å²) in [4.78, 5) is 10.8. The fraction of sp³-hybridized carbons (Fsp3) is 0.409. The summed E-state index contributed by atoms with van der Waals surface area (Å²) in [7, 11) is 0. The second-order valence-corrected chi connectivity index (χ2v) is 7.60. The molecule has 2 rings (SSSR count). The summed E-state index contributed by atoms with van der Waals surface area (Å²) in [6.07, 6.45) is 7.04. The predicted molar refractivity (Wildman–Crippen MR) is 103 cm³/mol. The van der Waals surface area contributed by atoms with E-state index >= 15 is 0 Å². The van der Waals surface area contributed by atoms with Gasteiger partial charge in [0.05, 0.1) is 12.7 Å². The minimum Gasteiger partial charge on any atom is -0.478 e. The topological polar surface area (TPSA) is 66.8 Å². The van der Waals surface area contributed by atoms with Gasteiger partial charge in [-0.1, -0.05) is 56.3 Å². The minimum atomic E-state index is -1.15. The molecule has 1 aliphatic carbocycles. The van der Waals surface area contributed by atoms with E-state index in [1.807, 2.05) is 57.2 Å². The van der Waals surface area contributed by atoms with Crippen molar-refractivity contribution in [3.63, 3.8) is 0 Å². The van der Waals surface area contributed by atoms with Crippen molar-refractivity contribution in [2.24, 2.45) is 5.41 Å². The first-order valence-electron chi connectivity index (χ1n) is 8.81. The minimum absolute atomic E-state index is 0.0745. The lowest BCUT2D eigenvalue weighted by atomic mass is 9.64. The zero-order valence-corrected chi connectivity index (χ0v) is 15.9. The summed E-state index contributed by atoms with van der Waals surface area (Å²) >= 11 is 0. The molecule has 0 aromatic heterocycles. The van der Waals surface area contributed by atoms with Crippen LogP contribution in [0.3, 0.4) is 0 Å². The summed E-state index contributed by atoms with van der Waals surface area (Å²) in [6, 6.07) is 10.0. The number of aliphatic carboxylic acids is 1. The molecule has 0 fully saturated rings. The lowest BCUT2D eigenvalue weighted by molar-refractivity contribution is -0.131. The van der Waals surface area contributed by atoms with Crippen LogP contribution in [0, 0.1) is 5.41 Å². The van der Waals surface area contributed by atoms with Gasteiger partial charge in [-0.3, -0.25) is 0 Å². The van der Waals surface area contributed by atoms with E-state index < -0.39 is 17.0 Å². The van der Waals surface area contributed by atoms with E-state index in [4.69, 9.17) is 9.84 Å². The van der Waals surface area contributed by atoms with Crippen LogP contribution in [0.4, 0.5) is 0 Å². The Morgan fingerprint density at radius 2 is 1.96 bits per heavy atom. The van der Waals surface area contributed by atoms with Crippen molar-refractivity contribution in [1.29, 1.82) is 0 Å². The Kier molecular flexibility index (Phi) is 6.21. The van der Waals surface area contributed by atoms with E-state index in [-0.39, 0.29) is 6.10 Å². The molecule has 1 aromatic carbocycles. The molecule has 4 nitrogen and oxygen atoms in total. The van der Waals surface area contributed by atoms with Crippen LogP contribution < -0.4 is 0 Å². The third-order valence-electron chi connectivity index (χ3n) is 5.03. The standard InChI is InChI=1S/C22H28O4/c1-16(12-20(23)24)10-11-22(25)17(2)13-19(14-21(22,3)4)26-15-18-8-6-5-7-9-18/h5-13,19,25H,14-15H2,1-4H3,(H,23,24)/b11-10+,16-12-/t19-,22+/m0/s1. The van der Waals surface area contributed by atoms with Crippen LogP contribution >= 0.6 is 0 Å². The maximum Gasteiger partial charge on any atom is 0.328 e. The maximum absolute atomic E-state index is 11.3. The largest absolute Gasteiger partial charge is 0.478 e. The summed E-state index contributed by atoms with van der Waals surface area (Å²) < 4.78 is 6.05. The average molecular weight is 356 g/mol. The summed E-state index contributed by atoms with van der Waals surface area (Å²) in [5, 5.41) is 20.1. The van der Waals surface area contributed by atoms with Gasteiger partial charge in [-0.25, -0.2) is 4.79 Å². The van der Waals surface area contributed by atoms with E-state index in [1.165, 1.54) is 0 Å². The number of ether oxygens (including phenoxy) is 1. The van der Waals surface area contributed by atoms with Crippen molar-refractivity contribution in [2.75, 3.05) is 0 Å². The molecular weight excluding hydrogens is 328 g/mol. The Bertz CT molecular complexity index is 728. The lowest BCUT2D eigenvalue weighted by Crippen LogP contribution is -2.49. The third-order valence-corrected chi connectivity index (χ3v) is 5.03. The fourth-order valence-corrected chi connectivity index (χ4v) is 3.39. The van der Waals surface area contributed by atoms with E-state index in [0.717, 1.165) is 17.2 Å². The van der Waals surface area contributed by atoms with Crippen molar-refractivity contribution in [2.45, 2.75) is 52.4 Å². The number of carboxylic acids is 1. The van der Waals surface area contributed by atoms with E-state index in [9.17, 15) is 9.90 Å². The highest BCUT2D eigenvalue weighted by Crippen LogP contribution is 2.46. The van der Waals surface area contributed by atoms with Crippen LogP contribution in [0.5, 0.6) is 0 Å². The van der Waals surface area contributed by atoms with Gasteiger partial charge in [-0.2, -0.15) is 0 Å². The van der Waals surface area contributed by atoms with Gasteiger partial charge in [0.1, 0.15) is 5.60 Å². The summed E-state index contributed by atoms with van der Waals surface area (Å²) in [5.74, 6) is -0.997.